The van der Waals surface area contributed by atoms with Gasteiger partial charge in [-0.25, -0.2) is 0 Å². The van der Waals surface area contributed by atoms with Crippen molar-refractivity contribution in [1.29, 1.82) is 0 Å². The highest BCUT2D eigenvalue weighted by atomic mass is 32.1. The zero-order chi connectivity index (χ0) is 96.4. The number of anilines is 6. The monoisotopic (exact) mass is 1870 g/mol. The minimum absolute atomic E-state index is 0.542. The molecule has 146 heavy (non-hydrogen) atoms. The number of fused-ring (bicyclic) bond motifs is 18. The summed E-state index contributed by atoms with van der Waals surface area (Å²) in [5.41, 5.74) is 43.0. The fourth-order valence-corrected chi connectivity index (χ4v) is 26.9. The van der Waals surface area contributed by atoms with Crippen LogP contribution in [0.5, 0.6) is 0 Å². The first-order valence-electron chi connectivity index (χ1n) is 50.7. The molecule has 0 bridgehead atoms. The average molecular weight is 1880 g/mol. The summed E-state index contributed by atoms with van der Waals surface area (Å²) in [6.45, 7) is 0. The lowest BCUT2D eigenvalue weighted by Gasteiger charge is -2.35. The van der Waals surface area contributed by atoms with Gasteiger partial charge in [0, 0.05) is 70.5 Å². The Hall–Kier alpha value is -18.3. The van der Waals surface area contributed by atoms with E-state index in [2.05, 4.69) is 591 Å². The predicted octanol–water partition coefficient (Wildman–Crippen LogP) is 36.6. The van der Waals surface area contributed by atoms with Gasteiger partial charge in [0.25, 0.3) is 0 Å². The van der Waals surface area contributed by atoms with Crippen molar-refractivity contribution in [2.45, 2.75) is 21.7 Å². The number of rotatable bonds is 17. The van der Waals surface area contributed by atoms with Gasteiger partial charge in [0.05, 0.1) is 44.1 Å². The average Bonchev–Trinajstić information content (AvgIpc) is 1.52. The number of hydrogen-bond acceptors (Lipinski definition) is 3. The highest BCUT2D eigenvalue weighted by Gasteiger charge is 2.52. The lowest BCUT2D eigenvalue weighted by atomic mass is 9.67. The van der Waals surface area contributed by atoms with Gasteiger partial charge in [-0.2, -0.15) is 0 Å². The van der Waals surface area contributed by atoms with Crippen LogP contribution in [0.2, 0.25) is 0 Å². The van der Waals surface area contributed by atoms with Crippen LogP contribution in [0.4, 0.5) is 34.1 Å². The van der Waals surface area contributed by atoms with Gasteiger partial charge in [0.15, 0.2) is 0 Å². The fourth-order valence-electron chi connectivity index (χ4n) is 25.8. The molecule has 4 heteroatoms. The zero-order valence-electron chi connectivity index (χ0n) is 80.1. The van der Waals surface area contributed by atoms with Gasteiger partial charge in [0.1, 0.15) is 0 Å². The molecule has 0 fully saturated rings. The van der Waals surface area contributed by atoms with Crippen LogP contribution in [0.3, 0.4) is 0 Å². The SMILES string of the molecule is c1ccc(C2(c3ccccc3)c3ccccc3-c3ccc(N(c4ccc(-c5ccc(-n6c7ccccc7c7ccccc76)cc5)cc4)c4cccc5c4-c4ccccc4C5(c4ccccc4)c4ccccc4)cc32)cc1.c1ccc(C2(c3ccccc3)c3ccccc3-c3ccc(N(c4ccc(-c5ccc6sc7ccccc7c6c5)cc4)c4cccc5c4-c4ccccc4C5(c4ccccc4)c4ccccc4)cc32)cc1. The first-order valence-corrected chi connectivity index (χ1v) is 51.5. The highest BCUT2D eigenvalue weighted by Crippen LogP contribution is 2.65. The normalized spacial score (nSPS) is 13.6. The third-order valence-electron chi connectivity index (χ3n) is 31.8. The zero-order valence-corrected chi connectivity index (χ0v) is 80.9. The predicted molar refractivity (Wildman–Crippen MR) is 610 cm³/mol. The van der Waals surface area contributed by atoms with Gasteiger partial charge in [-0.3, -0.25) is 0 Å². The van der Waals surface area contributed by atoms with Gasteiger partial charge in [-0.05, 0) is 248 Å². The molecule has 0 radical (unpaired) electrons. The van der Waals surface area contributed by atoms with E-state index in [0.29, 0.717) is 0 Å². The Morgan fingerprint density at radius 1 is 0.164 bits per heavy atom. The lowest BCUT2D eigenvalue weighted by Crippen LogP contribution is -2.29. The second-order valence-electron chi connectivity index (χ2n) is 39.0. The third kappa shape index (κ3) is 13.0. The standard InChI is InChI=1S/C74H50N2.C68H45NS/c1-5-22-53(23-6-1)73(54-24-7-2-8-25-54)66-35-18-14-33-64(66)72-67(73)36-21-39-71(72)75(57-44-40-51(41-45-57)52-42-46-58(47-43-52)76-69-37-19-15-31-62(69)63-32-16-20-38-70(63)76)59-48-49-61-60-30-13-17-34-65(60)74(68(61)50-59,55-26-9-3-10-27-55)56-28-11-4-12-29-56;1-5-20-48(21-6-1)67(49-22-7-2-8-23-49)60-32-17-14-30-57(60)66-61(67)33-19-34-63(66)69(52-39-36-46(37-40-52)47-38-43-65-58(44-47)56-29-15-18-35-64(56)70-65)53-41-42-55-54-28-13-16-31-59(54)68(62(55)45-53,50-24-9-3-10-25-50)51-26-11-4-12-27-51/h1-50H;1-45H. The molecule has 0 atom stereocenters. The van der Waals surface area contributed by atoms with E-state index in [1.54, 1.807) is 0 Å². The van der Waals surface area contributed by atoms with E-state index < -0.39 is 21.7 Å². The van der Waals surface area contributed by atoms with Crippen LogP contribution in [0.25, 0.3) is 114 Å². The summed E-state index contributed by atoms with van der Waals surface area (Å²) in [4.78, 5) is 5.06. The van der Waals surface area contributed by atoms with Crippen molar-refractivity contribution < 1.29 is 0 Å². The van der Waals surface area contributed by atoms with E-state index in [-0.39, 0.29) is 0 Å². The molecular weight excluding hydrogens is 1780 g/mol. The fraction of sp³-hybridized carbons (Fsp3) is 0.0282. The van der Waals surface area contributed by atoms with Crippen LogP contribution in [0.1, 0.15) is 89.0 Å². The molecule has 4 aliphatic carbocycles. The smallest absolute Gasteiger partial charge is 0.0714 e. The summed E-state index contributed by atoms with van der Waals surface area (Å²) in [5.74, 6) is 0. The van der Waals surface area contributed by atoms with E-state index in [1.165, 1.54) is 192 Å². The molecule has 4 aliphatic rings. The Bertz CT molecular complexity index is 9110. The summed E-state index contributed by atoms with van der Waals surface area (Å²) in [7, 11) is 0. The summed E-state index contributed by atoms with van der Waals surface area (Å²) in [6.07, 6.45) is 0. The van der Waals surface area contributed by atoms with Gasteiger partial charge >= 0.3 is 0 Å². The highest BCUT2D eigenvalue weighted by molar-refractivity contribution is 7.25. The first kappa shape index (κ1) is 85.6. The first-order chi connectivity index (χ1) is 72.4. The van der Waals surface area contributed by atoms with E-state index >= 15 is 0 Å². The maximum atomic E-state index is 2.53. The molecular formula is C142H95N3S. The molecule has 2 heterocycles. The third-order valence-corrected chi connectivity index (χ3v) is 33.0. The summed E-state index contributed by atoms with van der Waals surface area (Å²) < 4.78 is 5.02. The van der Waals surface area contributed by atoms with E-state index in [0.717, 1.165) is 45.4 Å². The molecule has 0 N–H and O–H groups in total. The maximum absolute atomic E-state index is 2.53. The Morgan fingerprint density at radius 3 is 0.808 bits per heavy atom. The Balaban J connectivity index is 0.000000142. The minimum Gasteiger partial charge on any atom is -0.310 e. The van der Waals surface area contributed by atoms with Crippen LogP contribution in [0.15, 0.2) is 576 Å². The minimum atomic E-state index is -0.563. The largest absolute Gasteiger partial charge is 0.310 e. The quantitative estimate of drug-likeness (QED) is 0.0900. The molecule has 25 aromatic rings. The van der Waals surface area contributed by atoms with Crippen LogP contribution in [-0.2, 0) is 21.7 Å². The molecule has 0 unspecified atom stereocenters. The summed E-state index contributed by atoms with van der Waals surface area (Å²) in [6, 6.07) is 214. The lowest BCUT2D eigenvalue weighted by molar-refractivity contribution is 0.768. The van der Waals surface area contributed by atoms with Gasteiger partial charge in [-0.1, -0.05) is 473 Å². The number of aromatic nitrogens is 1. The molecule has 2 aromatic heterocycles. The number of thiophene rings is 1. The van der Waals surface area contributed by atoms with Crippen molar-refractivity contribution in [3.8, 4) is 72.4 Å². The van der Waals surface area contributed by atoms with Crippen LogP contribution in [0, 0.1) is 0 Å². The summed E-state index contributed by atoms with van der Waals surface area (Å²) >= 11 is 1.86. The number of para-hydroxylation sites is 2. The van der Waals surface area contributed by atoms with Gasteiger partial charge in [0.2, 0.25) is 0 Å². The molecule has 684 valence electrons. The Labute approximate surface area is 854 Å². The topological polar surface area (TPSA) is 11.4 Å². The van der Waals surface area contributed by atoms with Crippen LogP contribution in [-0.4, -0.2) is 4.57 Å². The van der Waals surface area contributed by atoms with E-state index in [4.69, 9.17) is 0 Å². The van der Waals surface area contributed by atoms with Crippen molar-refractivity contribution >= 4 is 87.4 Å². The number of nitrogens with zero attached hydrogens (tertiary/aromatic N) is 3. The molecule has 29 rings (SSSR count). The van der Waals surface area contributed by atoms with Gasteiger partial charge < -0.3 is 14.4 Å². The van der Waals surface area contributed by atoms with Crippen molar-refractivity contribution in [1.82, 2.24) is 4.57 Å². The second-order valence-corrected chi connectivity index (χ2v) is 40.0. The van der Waals surface area contributed by atoms with Crippen molar-refractivity contribution in [3.63, 3.8) is 0 Å². The van der Waals surface area contributed by atoms with E-state index in [1.807, 2.05) is 11.3 Å². The Kier molecular flexibility index (Phi) is 20.4. The van der Waals surface area contributed by atoms with Crippen molar-refractivity contribution in [2.24, 2.45) is 0 Å². The van der Waals surface area contributed by atoms with Gasteiger partial charge in [-0.15, -0.1) is 11.3 Å². The van der Waals surface area contributed by atoms with Crippen LogP contribution >= 0.6 is 11.3 Å². The molecule has 23 aromatic carbocycles. The Morgan fingerprint density at radius 2 is 0.432 bits per heavy atom. The molecule has 0 spiro atoms. The van der Waals surface area contributed by atoms with E-state index in [9.17, 15) is 0 Å². The van der Waals surface area contributed by atoms with Crippen LogP contribution < -0.4 is 9.80 Å². The molecule has 3 nitrogen and oxygen atoms in total. The second kappa shape index (κ2) is 34.8. The molecule has 0 saturated heterocycles. The summed E-state index contributed by atoms with van der Waals surface area (Å²) in [5, 5.41) is 5.15. The molecule has 0 saturated carbocycles. The molecule has 0 aliphatic heterocycles. The van der Waals surface area contributed by atoms with Crippen molar-refractivity contribution in [2.75, 3.05) is 9.80 Å². The molecule has 0 amide bonds. The maximum Gasteiger partial charge on any atom is 0.0714 e. The number of benzene rings is 23. The number of hydrogen-bond donors (Lipinski definition) is 0. The van der Waals surface area contributed by atoms with Crippen molar-refractivity contribution in [3.05, 3.63) is 665 Å².